The fourth-order valence-electron chi connectivity index (χ4n) is 13.8. The molecule has 0 unspecified atom stereocenters. The van der Waals surface area contributed by atoms with Crippen LogP contribution in [0.3, 0.4) is 0 Å². The summed E-state index contributed by atoms with van der Waals surface area (Å²) in [5, 5.41) is 15.8. The number of furan rings is 3. The van der Waals surface area contributed by atoms with Gasteiger partial charge in [0.05, 0.1) is 54.9 Å². The summed E-state index contributed by atoms with van der Waals surface area (Å²) in [5.74, 6) is 0. The highest BCUT2D eigenvalue weighted by Gasteiger charge is 2.24. The summed E-state index contributed by atoms with van der Waals surface area (Å²) in [5.41, 5.74) is 18.5. The van der Waals surface area contributed by atoms with Crippen molar-refractivity contribution in [2.24, 2.45) is 0 Å². The van der Waals surface area contributed by atoms with Crippen molar-refractivity contribution >= 4 is 153 Å². The van der Waals surface area contributed by atoms with Crippen LogP contribution >= 0.6 is 0 Å². The Balaban J connectivity index is 0.786. The maximum absolute atomic E-state index is 7.38. The summed E-state index contributed by atoms with van der Waals surface area (Å²) in [7, 11) is 0. The van der Waals surface area contributed by atoms with Crippen LogP contribution in [0, 0.1) is 0 Å². The molecule has 0 aliphatic heterocycles. The summed E-state index contributed by atoms with van der Waals surface area (Å²) in [6, 6.07) is 87.4. The molecule has 7 heterocycles. The van der Waals surface area contributed by atoms with Crippen LogP contribution in [-0.4, -0.2) is 18.3 Å². The minimum atomic E-state index is 0.851. The highest BCUT2D eigenvalue weighted by molar-refractivity contribution is 6.29. The van der Waals surface area contributed by atoms with E-state index in [1.54, 1.807) is 0 Å². The van der Waals surface area contributed by atoms with Crippen molar-refractivity contribution < 1.29 is 13.3 Å². The van der Waals surface area contributed by atoms with E-state index in [2.05, 4.69) is 261 Å². The van der Waals surface area contributed by atoms with Crippen LogP contribution in [-0.2, 0) is 0 Å². The van der Waals surface area contributed by atoms with Crippen molar-refractivity contribution in [3.63, 3.8) is 0 Å². The molecule has 0 saturated carbocycles. The average molecular weight is 1010 g/mol. The van der Waals surface area contributed by atoms with Gasteiger partial charge < -0.3 is 31.5 Å². The van der Waals surface area contributed by atoms with Crippen molar-refractivity contribution in [1.82, 2.24) is 18.3 Å². The lowest BCUT2D eigenvalue weighted by molar-refractivity contribution is 0.668. The van der Waals surface area contributed by atoms with Crippen LogP contribution in [0.2, 0.25) is 0 Å². The first-order valence-corrected chi connectivity index (χ1v) is 26.9. The van der Waals surface area contributed by atoms with Crippen molar-refractivity contribution in [2.75, 3.05) is 0 Å². The summed E-state index contributed by atoms with van der Waals surface area (Å²) in [6.45, 7) is 0. The molecule has 19 rings (SSSR count). The molecule has 0 atom stereocenters. The Kier molecular flexibility index (Phi) is 7.88. The maximum Gasteiger partial charge on any atom is 0.145 e. The first-order valence-electron chi connectivity index (χ1n) is 26.9. The fourth-order valence-corrected chi connectivity index (χ4v) is 13.8. The standard InChI is InChI=1S/C72H40N4O3/c1-7-19-57-45(13-1)46-14-2-8-20-58(46)73(57)41-25-33-65-53(37-41)55-39-43(27-35-67(55)77-65)75-61-23-11-5-17-51(61)69-63(75)31-29-49-50-30-32-64-70(72(50)79-71(49)69)52-18-6-12-24-62(52)76(64)44-28-36-68-56(40-44)54-38-42(26-34-66(54)78-68)74-59-21-9-3-15-47(59)48-16-4-10-22-60(48)74/h1-40H. The Morgan fingerprint density at radius 1 is 0.190 bits per heavy atom. The average Bonchev–Trinajstić information content (AvgIpc) is 4.48. The van der Waals surface area contributed by atoms with Gasteiger partial charge in [0, 0.05) is 87.4 Å². The number of rotatable bonds is 4. The van der Waals surface area contributed by atoms with Gasteiger partial charge in [-0.3, -0.25) is 0 Å². The van der Waals surface area contributed by atoms with Gasteiger partial charge in [-0.05, 0) is 133 Å². The van der Waals surface area contributed by atoms with Crippen molar-refractivity contribution in [1.29, 1.82) is 0 Å². The van der Waals surface area contributed by atoms with Crippen LogP contribution < -0.4 is 0 Å². The third-order valence-corrected chi connectivity index (χ3v) is 17.1. The van der Waals surface area contributed by atoms with Crippen molar-refractivity contribution in [3.05, 3.63) is 243 Å². The highest BCUT2D eigenvalue weighted by Crippen LogP contribution is 2.46. The molecule has 0 bridgehead atoms. The van der Waals surface area contributed by atoms with Crippen LogP contribution in [0.5, 0.6) is 0 Å². The van der Waals surface area contributed by atoms with Gasteiger partial charge in [-0.1, -0.05) is 109 Å². The van der Waals surface area contributed by atoms with E-state index in [-0.39, 0.29) is 0 Å². The normalized spacial score (nSPS) is 12.6. The molecule has 366 valence electrons. The largest absolute Gasteiger partial charge is 0.456 e. The number of para-hydroxylation sites is 6. The SMILES string of the molecule is c1ccc2c(c1)c1ccccc1n2-c1ccc2oc3ccc(-n4c5ccccc5c5c6oc7c(ccc8c7c7ccccc7n8-c7ccc8oc9ccc(-n%10c%11ccccc%11c%11ccccc%11%10)cc9c8c7)c6ccc54)cc3c2c1. The lowest BCUT2D eigenvalue weighted by atomic mass is 10.1. The quantitative estimate of drug-likeness (QED) is 0.176. The molecule has 0 amide bonds. The van der Waals surface area contributed by atoms with Gasteiger partial charge in [0.25, 0.3) is 0 Å². The van der Waals surface area contributed by atoms with Crippen molar-refractivity contribution in [2.45, 2.75) is 0 Å². The minimum Gasteiger partial charge on any atom is -0.456 e. The summed E-state index contributed by atoms with van der Waals surface area (Å²) < 4.78 is 30.0. The van der Waals surface area contributed by atoms with Gasteiger partial charge in [-0.2, -0.15) is 0 Å². The number of nitrogens with zero attached hydrogens (tertiary/aromatic N) is 4. The second-order valence-electron chi connectivity index (χ2n) is 21.1. The zero-order valence-electron chi connectivity index (χ0n) is 42.1. The van der Waals surface area contributed by atoms with Gasteiger partial charge >= 0.3 is 0 Å². The smallest absolute Gasteiger partial charge is 0.145 e. The fraction of sp³-hybridized carbons (Fsp3) is 0. The molecular formula is C72H40N4O3. The van der Waals surface area contributed by atoms with Crippen LogP contribution in [0.4, 0.5) is 0 Å². The summed E-state index contributed by atoms with van der Waals surface area (Å²) >= 11 is 0. The first kappa shape index (κ1) is 41.5. The predicted molar refractivity (Wildman–Crippen MR) is 326 cm³/mol. The number of hydrogen-bond acceptors (Lipinski definition) is 3. The Hall–Kier alpha value is -10.8. The van der Waals surface area contributed by atoms with Crippen LogP contribution in [0.15, 0.2) is 256 Å². The predicted octanol–water partition coefficient (Wildman–Crippen LogP) is 19.8. The molecule has 19 aromatic rings. The molecule has 0 N–H and O–H groups in total. The molecular weight excluding hydrogens is 969 g/mol. The van der Waals surface area contributed by atoms with Crippen molar-refractivity contribution in [3.8, 4) is 22.7 Å². The lowest BCUT2D eigenvalue weighted by Gasteiger charge is -2.09. The third-order valence-electron chi connectivity index (χ3n) is 17.1. The molecule has 0 spiro atoms. The van der Waals surface area contributed by atoms with Gasteiger partial charge in [0.2, 0.25) is 0 Å². The molecule has 0 aliphatic carbocycles. The van der Waals surface area contributed by atoms with Gasteiger partial charge in [-0.15, -0.1) is 0 Å². The van der Waals surface area contributed by atoms with E-state index in [0.717, 1.165) is 132 Å². The summed E-state index contributed by atoms with van der Waals surface area (Å²) in [4.78, 5) is 0. The third kappa shape index (κ3) is 5.45. The highest BCUT2D eigenvalue weighted by atomic mass is 16.3. The minimum absolute atomic E-state index is 0.851. The maximum atomic E-state index is 7.38. The Morgan fingerprint density at radius 2 is 0.456 bits per heavy atom. The van der Waals surface area contributed by atoms with E-state index >= 15 is 0 Å². The molecule has 79 heavy (non-hydrogen) atoms. The van der Waals surface area contributed by atoms with E-state index in [1.165, 1.54) is 43.6 Å². The topological polar surface area (TPSA) is 59.1 Å². The molecule has 12 aromatic carbocycles. The zero-order chi connectivity index (χ0) is 51.2. The number of fused-ring (bicyclic) bond motifs is 23. The molecule has 0 saturated heterocycles. The Bertz CT molecular complexity index is 5420. The second-order valence-corrected chi connectivity index (χ2v) is 21.1. The molecule has 7 heteroatoms. The Morgan fingerprint density at radius 3 is 0.772 bits per heavy atom. The number of benzene rings is 12. The first-order chi connectivity index (χ1) is 39.2. The Labute approximate surface area is 447 Å². The van der Waals surface area contributed by atoms with E-state index in [9.17, 15) is 0 Å². The molecule has 7 aromatic heterocycles. The van der Waals surface area contributed by atoms with Crippen LogP contribution in [0.1, 0.15) is 0 Å². The monoisotopic (exact) mass is 1010 g/mol. The molecule has 0 radical (unpaired) electrons. The number of aromatic nitrogens is 4. The van der Waals surface area contributed by atoms with E-state index < -0.39 is 0 Å². The van der Waals surface area contributed by atoms with Crippen LogP contribution in [0.25, 0.3) is 176 Å². The second kappa shape index (κ2) is 15.0. The van der Waals surface area contributed by atoms with Gasteiger partial charge in [-0.25, -0.2) is 0 Å². The lowest BCUT2D eigenvalue weighted by Crippen LogP contribution is -1.94. The van der Waals surface area contributed by atoms with Gasteiger partial charge in [0.15, 0.2) is 0 Å². The van der Waals surface area contributed by atoms with E-state index in [4.69, 9.17) is 13.3 Å². The number of hydrogen-bond donors (Lipinski definition) is 0. The molecule has 0 fully saturated rings. The molecule has 0 aliphatic rings. The van der Waals surface area contributed by atoms with E-state index in [0.29, 0.717) is 0 Å². The summed E-state index contributed by atoms with van der Waals surface area (Å²) in [6.07, 6.45) is 0. The zero-order valence-corrected chi connectivity index (χ0v) is 42.1. The molecule has 7 nitrogen and oxygen atoms in total. The van der Waals surface area contributed by atoms with Gasteiger partial charge in [0.1, 0.15) is 33.5 Å². The van der Waals surface area contributed by atoms with E-state index in [1.807, 2.05) is 0 Å².